The smallest absolute Gasteiger partial charge is 0.337 e. The molecule has 1 N–H and O–H groups in total. The van der Waals surface area contributed by atoms with Gasteiger partial charge in [0.05, 0.1) is 29.7 Å². The lowest BCUT2D eigenvalue weighted by Gasteiger charge is -2.08. The number of hydrogen-bond acceptors (Lipinski definition) is 5. The lowest BCUT2D eigenvalue weighted by molar-refractivity contribution is 0.102. The van der Waals surface area contributed by atoms with Crippen molar-refractivity contribution in [3.8, 4) is 5.75 Å². The first-order chi connectivity index (χ1) is 12.0. The third-order valence-electron chi connectivity index (χ3n) is 3.92. The molecular formula is C18H19N3O4. The second-order valence-electron chi connectivity index (χ2n) is 5.48. The van der Waals surface area contributed by atoms with Gasteiger partial charge in [-0.25, -0.2) is 4.79 Å². The van der Waals surface area contributed by atoms with E-state index in [0.717, 1.165) is 5.69 Å². The zero-order chi connectivity index (χ0) is 18.0. The molecule has 1 amide bonds. The molecule has 3 aromatic rings. The minimum atomic E-state index is -0.590. The van der Waals surface area contributed by atoms with E-state index in [9.17, 15) is 9.59 Å². The van der Waals surface area contributed by atoms with Gasteiger partial charge in [0.15, 0.2) is 0 Å². The summed E-state index contributed by atoms with van der Waals surface area (Å²) >= 11 is 0. The number of anilines is 1. The summed E-state index contributed by atoms with van der Waals surface area (Å²) in [5, 5.41) is 7.55. The van der Waals surface area contributed by atoms with Crippen molar-refractivity contribution in [1.29, 1.82) is 0 Å². The first-order valence-corrected chi connectivity index (χ1v) is 8.08. The van der Waals surface area contributed by atoms with Gasteiger partial charge in [0.25, 0.3) is 5.91 Å². The maximum absolute atomic E-state index is 12.7. The molecule has 0 spiro atoms. The minimum Gasteiger partial charge on any atom is -0.494 e. The van der Waals surface area contributed by atoms with Gasteiger partial charge >= 0.3 is 5.63 Å². The molecule has 0 atom stereocenters. The summed E-state index contributed by atoms with van der Waals surface area (Å²) in [6.45, 7) is 6.91. The van der Waals surface area contributed by atoms with Crippen molar-refractivity contribution in [2.24, 2.45) is 0 Å². The summed E-state index contributed by atoms with van der Waals surface area (Å²) in [6, 6.07) is 6.25. The first kappa shape index (κ1) is 16.8. The quantitative estimate of drug-likeness (QED) is 0.721. The van der Waals surface area contributed by atoms with E-state index in [1.165, 1.54) is 6.07 Å². The summed E-state index contributed by atoms with van der Waals surface area (Å²) < 4.78 is 12.4. The van der Waals surface area contributed by atoms with Crippen LogP contribution in [0.15, 0.2) is 39.7 Å². The Morgan fingerprint density at radius 2 is 2.12 bits per heavy atom. The summed E-state index contributed by atoms with van der Waals surface area (Å²) in [5.41, 5.74) is 1.43. The van der Waals surface area contributed by atoms with Gasteiger partial charge in [0.1, 0.15) is 11.3 Å². The van der Waals surface area contributed by atoms with Crippen molar-refractivity contribution >= 4 is 22.6 Å². The fraction of sp³-hybridized carbons (Fsp3) is 0.278. The number of nitrogens with one attached hydrogen (secondary N) is 1. The van der Waals surface area contributed by atoms with Gasteiger partial charge in [0.2, 0.25) is 0 Å². The lowest BCUT2D eigenvalue weighted by atomic mass is 10.1. The Morgan fingerprint density at radius 1 is 1.32 bits per heavy atom. The largest absolute Gasteiger partial charge is 0.494 e. The summed E-state index contributed by atoms with van der Waals surface area (Å²) in [5.74, 6) is 0.191. The maximum Gasteiger partial charge on any atom is 0.337 e. The second-order valence-corrected chi connectivity index (χ2v) is 5.48. The fourth-order valence-electron chi connectivity index (χ4n) is 2.67. The van der Waals surface area contributed by atoms with Crippen LogP contribution in [0.2, 0.25) is 0 Å². The zero-order valence-electron chi connectivity index (χ0n) is 14.3. The number of aryl methyl sites for hydroxylation is 1. The van der Waals surface area contributed by atoms with Gasteiger partial charge < -0.3 is 14.5 Å². The lowest BCUT2D eigenvalue weighted by Crippen LogP contribution is -2.15. The molecule has 3 rings (SSSR count). The molecule has 0 bridgehead atoms. The highest BCUT2D eigenvalue weighted by Gasteiger charge is 2.16. The Kier molecular flexibility index (Phi) is 4.56. The van der Waals surface area contributed by atoms with Crippen LogP contribution in [0.3, 0.4) is 0 Å². The molecule has 0 unspecified atom stereocenters. The number of amides is 1. The van der Waals surface area contributed by atoms with Gasteiger partial charge in [-0.2, -0.15) is 5.10 Å². The topological polar surface area (TPSA) is 86.4 Å². The second kappa shape index (κ2) is 6.80. The van der Waals surface area contributed by atoms with Gasteiger partial charge in [-0.1, -0.05) is 0 Å². The van der Waals surface area contributed by atoms with Crippen molar-refractivity contribution in [3.05, 3.63) is 52.1 Å². The standard InChI is InChI=1S/C18H19N3O4/c1-4-21-11(3)15(10-19-21)20-18(23)14-9-17(22)25-16-8-12(24-5-2)6-7-13(14)16/h6-10H,4-5H2,1-3H3,(H,20,23). The predicted octanol–water partition coefficient (Wildman–Crippen LogP) is 2.97. The van der Waals surface area contributed by atoms with Crippen LogP contribution in [0.1, 0.15) is 29.9 Å². The molecule has 0 saturated heterocycles. The van der Waals surface area contributed by atoms with Crippen molar-refractivity contribution in [2.45, 2.75) is 27.3 Å². The van der Waals surface area contributed by atoms with Crippen molar-refractivity contribution in [2.75, 3.05) is 11.9 Å². The average Bonchev–Trinajstić information content (AvgIpc) is 2.94. The number of benzene rings is 1. The predicted molar refractivity (Wildman–Crippen MR) is 94.2 cm³/mol. The van der Waals surface area contributed by atoms with E-state index in [-0.39, 0.29) is 11.5 Å². The molecule has 2 aromatic heterocycles. The van der Waals surface area contributed by atoms with Crippen LogP contribution in [0.4, 0.5) is 5.69 Å². The van der Waals surface area contributed by atoms with E-state index < -0.39 is 5.63 Å². The molecule has 7 heteroatoms. The Balaban J connectivity index is 2.00. The van der Waals surface area contributed by atoms with Crippen LogP contribution in [0.25, 0.3) is 11.0 Å². The zero-order valence-corrected chi connectivity index (χ0v) is 14.3. The maximum atomic E-state index is 12.7. The van der Waals surface area contributed by atoms with Crippen LogP contribution in [0, 0.1) is 6.92 Å². The molecule has 0 aliphatic carbocycles. The number of carbonyl (C=O) groups excluding carboxylic acids is 1. The van der Waals surface area contributed by atoms with Crippen LogP contribution in [0.5, 0.6) is 5.75 Å². The number of hydrogen-bond donors (Lipinski definition) is 1. The van der Waals surface area contributed by atoms with Crippen LogP contribution < -0.4 is 15.7 Å². The summed E-state index contributed by atoms with van der Waals surface area (Å²) in [7, 11) is 0. The number of ether oxygens (including phenoxy) is 1. The van der Waals surface area contributed by atoms with Crippen LogP contribution in [-0.4, -0.2) is 22.3 Å². The molecule has 0 radical (unpaired) electrons. The average molecular weight is 341 g/mol. The number of fused-ring (bicyclic) bond motifs is 1. The summed E-state index contributed by atoms with van der Waals surface area (Å²) in [6.07, 6.45) is 1.59. The fourth-order valence-corrected chi connectivity index (χ4v) is 2.67. The monoisotopic (exact) mass is 341 g/mol. The Hall–Kier alpha value is -3.09. The van der Waals surface area contributed by atoms with Crippen molar-refractivity contribution in [3.63, 3.8) is 0 Å². The van der Waals surface area contributed by atoms with Crippen molar-refractivity contribution in [1.82, 2.24) is 9.78 Å². The number of carbonyl (C=O) groups is 1. The Labute approximate surface area is 144 Å². The third kappa shape index (κ3) is 3.26. The highest BCUT2D eigenvalue weighted by atomic mass is 16.5. The van der Waals surface area contributed by atoms with Gasteiger partial charge in [-0.05, 0) is 32.9 Å². The Bertz CT molecular complexity index is 988. The van der Waals surface area contributed by atoms with E-state index in [0.29, 0.717) is 35.6 Å². The molecule has 25 heavy (non-hydrogen) atoms. The molecule has 0 aliphatic rings. The molecule has 130 valence electrons. The Morgan fingerprint density at radius 3 is 2.80 bits per heavy atom. The normalized spacial score (nSPS) is 10.8. The number of rotatable bonds is 5. The van der Waals surface area contributed by atoms with Gasteiger partial charge in [-0.3, -0.25) is 9.48 Å². The minimum absolute atomic E-state index is 0.248. The van der Waals surface area contributed by atoms with E-state index in [4.69, 9.17) is 9.15 Å². The molecule has 0 aliphatic heterocycles. The highest BCUT2D eigenvalue weighted by Crippen LogP contribution is 2.24. The molecular weight excluding hydrogens is 322 g/mol. The van der Waals surface area contributed by atoms with E-state index >= 15 is 0 Å². The molecule has 7 nitrogen and oxygen atoms in total. The number of nitrogens with zero attached hydrogens (tertiary/aromatic N) is 2. The molecule has 0 fully saturated rings. The SMILES string of the molecule is CCOc1ccc2c(C(=O)Nc3cnn(CC)c3C)cc(=O)oc2c1. The van der Waals surface area contributed by atoms with Gasteiger partial charge in [-0.15, -0.1) is 0 Å². The van der Waals surface area contributed by atoms with E-state index in [1.54, 1.807) is 29.1 Å². The molecule has 2 heterocycles. The first-order valence-electron chi connectivity index (χ1n) is 8.08. The van der Waals surface area contributed by atoms with E-state index in [1.807, 2.05) is 20.8 Å². The third-order valence-corrected chi connectivity index (χ3v) is 3.92. The van der Waals surface area contributed by atoms with Gasteiger partial charge in [0, 0.05) is 24.1 Å². The van der Waals surface area contributed by atoms with Crippen LogP contribution in [-0.2, 0) is 6.54 Å². The highest BCUT2D eigenvalue weighted by molar-refractivity contribution is 6.12. The molecule has 0 saturated carbocycles. The number of aromatic nitrogens is 2. The van der Waals surface area contributed by atoms with Crippen molar-refractivity contribution < 1.29 is 13.9 Å². The van der Waals surface area contributed by atoms with E-state index in [2.05, 4.69) is 10.4 Å². The van der Waals surface area contributed by atoms with Crippen LogP contribution >= 0.6 is 0 Å². The molecule has 1 aromatic carbocycles. The summed E-state index contributed by atoms with van der Waals surface area (Å²) in [4.78, 5) is 24.5.